The summed E-state index contributed by atoms with van der Waals surface area (Å²) in [5.74, 6) is 0.277. The zero-order chi connectivity index (χ0) is 18.8. The molecule has 7 heteroatoms. The predicted octanol–water partition coefficient (Wildman–Crippen LogP) is 5.46. The Morgan fingerprint density at radius 2 is 2.00 bits per heavy atom. The van der Waals surface area contributed by atoms with E-state index in [0.29, 0.717) is 14.8 Å². The highest BCUT2D eigenvalue weighted by Crippen LogP contribution is 2.34. The van der Waals surface area contributed by atoms with Gasteiger partial charge in [-0.3, -0.25) is 0 Å². The molecule has 1 aromatic carbocycles. The molecule has 2 aromatic rings. The Morgan fingerprint density at radius 3 is 2.52 bits per heavy atom. The average Bonchev–Trinajstić information content (AvgIpc) is 2.92. The van der Waals surface area contributed by atoms with Crippen molar-refractivity contribution >= 4 is 35.4 Å². The molecule has 0 amide bonds. The van der Waals surface area contributed by atoms with Crippen molar-refractivity contribution in [2.24, 2.45) is 11.3 Å². The van der Waals surface area contributed by atoms with E-state index in [4.69, 9.17) is 35.4 Å². The van der Waals surface area contributed by atoms with E-state index in [1.807, 2.05) is 32.9 Å². The molecule has 2 N–H and O–H groups in total. The number of aromatic amines is 1. The van der Waals surface area contributed by atoms with E-state index in [2.05, 4.69) is 17.0 Å². The number of hydrogen-bond donors (Lipinski definition) is 2. The fourth-order valence-electron chi connectivity index (χ4n) is 3.00. The maximum absolute atomic E-state index is 10.9. The Bertz CT molecular complexity index is 766. The van der Waals surface area contributed by atoms with E-state index in [9.17, 15) is 5.11 Å². The molecule has 0 saturated heterocycles. The van der Waals surface area contributed by atoms with Gasteiger partial charge < -0.3 is 10.1 Å². The van der Waals surface area contributed by atoms with Crippen LogP contribution in [-0.4, -0.2) is 26.0 Å². The van der Waals surface area contributed by atoms with Crippen molar-refractivity contribution < 1.29 is 5.11 Å². The third-order valence-electron chi connectivity index (χ3n) is 4.37. The highest BCUT2D eigenvalue weighted by molar-refractivity contribution is 7.71. The summed E-state index contributed by atoms with van der Waals surface area (Å²) >= 11 is 17.6. The van der Waals surface area contributed by atoms with Crippen LogP contribution in [0.15, 0.2) is 24.5 Å². The number of hydrogen-bond acceptors (Lipinski definition) is 3. The summed E-state index contributed by atoms with van der Waals surface area (Å²) in [7, 11) is 0. The summed E-state index contributed by atoms with van der Waals surface area (Å²) in [6, 6.07) is 5.35. The molecular formula is C18H25Cl2N3OS. The van der Waals surface area contributed by atoms with Crippen molar-refractivity contribution in [2.75, 3.05) is 0 Å². The van der Waals surface area contributed by atoms with Gasteiger partial charge in [-0.1, -0.05) is 57.0 Å². The van der Waals surface area contributed by atoms with Gasteiger partial charge >= 0.3 is 0 Å². The van der Waals surface area contributed by atoms with Crippen LogP contribution in [0.2, 0.25) is 10.0 Å². The molecule has 0 radical (unpaired) electrons. The van der Waals surface area contributed by atoms with Gasteiger partial charge in [0.15, 0.2) is 4.77 Å². The van der Waals surface area contributed by atoms with Crippen LogP contribution in [-0.2, 0) is 6.42 Å². The largest absolute Gasteiger partial charge is 0.390 e. The first-order valence-corrected chi connectivity index (χ1v) is 9.50. The third-order valence-corrected chi connectivity index (χ3v) is 5.26. The first-order chi connectivity index (χ1) is 11.6. The Balaban J connectivity index is 2.21. The first kappa shape index (κ1) is 20.4. The lowest BCUT2D eigenvalue weighted by Crippen LogP contribution is -2.37. The number of halogens is 2. The van der Waals surface area contributed by atoms with Crippen molar-refractivity contribution in [3.05, 3.63) is 44.9 Å². The molecule has 25 heavy (non-hydrogen) atoms. The van der Waals surface area contributed by atoms with Crippen molar-refractivity contribution in [1.82, 2.24) is 14.8 Å². The molecule has 1 aromatic heterocycles. The lowest BCUT2D eigenvalue weighted by atomic mass is 9.81. The molecule has 4 nitrogen and oxygen atoms in total. The van der Waals surface area contributed by atoms with Gasteiger partial charge in [0.05, 0.1) is 12.1 Å². The second-order valence-corrected chi connectivity index (χ2v) is 8.93. The van der Waals surface area contributed by atoms with E-state index in [0.717, 1.165) is 18.4 Å². The highest BCUT2D eigenvalue weighted by Gasteiger charge is 2.33. The van der Waals surface area contributed by atoms with Gasteiger partial charge in [0.2, 0.25) is 0 Å². The fourth-order valence-corrected chi connectivity index (χ4v) is 3.72. The number of aliphatic hydroxyl groups is 1. The van der Waals surface area contributed by atoms with Crippen LogP contribution in [0.5, 0.6) is 0 Å². The highest BCUT2D eigenvalue weighted by atomic mass is 35.5. The van der Waals surface area contributed by atoms with Crippen LogP contribution < -0.4 is 0 Å². The summed E-state index contributed by atoms with van der Waals surface area (Å²) in [4.78, 5) is 2.91. The van der Waals surface area contributed by atoms with E-state index >= 15 is 0 Å². The van der Waals surface area contributed by atoms with E-state index in [1.54, 1.807) is 17.1 Å². The van der Waals surface area contributed by atoms with E-state index in [-0.39, 0.29) is 17.4 Å². The van der Waals surface area contributed by atoms with Gasteiger partial charge in [0.25, 0.3) is 0 Å². The molecule has 0 aliphatic rings. The first-order valence-electron chi connectivity index (χ1n) is 8.33. The van der Waals surface area contributed by atoms with Crippen molar-refractivity contribution in [2.45, 2.75) is 52.7 Å². The smallest absolute Gasteiger partial charge is 0.195 e. The maximum Gasteiger partial charge on any atom is 0.195 e. The minimum Gasteiger partial charge on any atom is -0.390 e. The van der Waals surface area contributed by atoms with Crippen LogP contribution in [0, 0.1) is 16.1 Å². The lowest BCUT2D eigenvalue weighted by molar-refractivity contribution is 0.00389. The zero-order valence-electron chi connectivity index (χ0n) is 15.0. The Hall–Kier alpha value is -0.880. The predicted molar refractivity (Wildman–Crippen MR) is 106 cm³/mol. The summed E-state index contributed by atoms with van der Waals surface area (Å²) in [6.07, 6.45) is 2.51. The number of H-pyrrole nitrogens is 1. The van der Waals surface area contributed by atoms with E-state index < -0.39 is 6.10 Å². The molecule has 0 aliphatic heterocycles. The molecule has 138 valence electrons. The summed E-state index contributed by atoms with van der Waals surface area (Å²) in [6.45, 7) is 8.19. The second-order valence-electron chi connectivity index (χ2n) is 7.70. The van der Waals surface area contributed by atoms with Crippen molar-refractivity contribution in [3.8, 4) is 0 Å². The summed E-state index contributed by atoms with van der Waals surface area (Å²) in [5.41, 5.74) is 0.768. The Morgan fingerprint density at radius 1 is 1.32 bits per heavy atom. The zero-order valence-corrected chi connectivity index (χ0v) is 17.3. The number of rotatable bonds is 6. The molecule has 1 heterocycles. The fraction of sp³-hybridized carbons (Fsp3) is 0.556. The van der Waals surface area contributed by atoms with Gasteiger partial charge in [-0.2, -0.15) is 5.10 Å². The molecular weight excluding hydrogens is 377 g/mol. The molecule has 0 spiro atoms. The molecule has 0 bridgehead atoms. The van der Waals surface area contributed by atoms with Gasteiger partial charge in [0.1, 0.15) is 6.33 Å². The minimum absolute atomic E-state index is 0.208. The van der Waals surface area contributed by atoms with E-state index in [1.165, 1.54) is 0 Å². The van der Waals surface area contributed by atoms with Gasteiger partial charge in [-0.05, 0) is 54.1 Å². The molecule has 0 saturated carbocycles. The summed E-state index contributed by atoms with van der Waals surface area (Å²) in [5, 5.41) is 16.5. The molecule has 2 rings (SSSR count). The number of nitrogens with zero attached hydrogens (tertiary/aromatic N) is 2. The molecule has 0 unspecified atom stereocenters. The molecule has 3 atom stereocenters. The van der Waals surface area contributed by atoms with Crippen molar-refractivity contribution in [1.29, 1.82) is 0 Å². The number of aliphatic hydroxyl groups excluding tert-OH is 1. The van der Waals surface area contributed by atoms with Crippen LogP contribution in [0.25, 0.3) is 0 Å². The number of aromatic nitrogens is 3. The van der Waals surface area contributed by atoms with Gasteiger partial charge in [-0.25, -0.2) is 4.68 Å². The Kier molecular flexibility index (Phi) is 6.71. The standard InChI is InChI=1S/C18H25Cl2N3OS/c1-11(7-12-5-6-13(19)9-14(12)20)8-15(16(24)18(2,3)4)23-17(25)21-10-22-23/h5-6,9-11,15-16,24H,7-8H2,1-4H3,(H,21,22,25)/t11-,15-,16-/m1/s1. The van der Waals surface area contributed by atoms with Gasteiger partial charge in [0, 0.05) is 10.0 Å². The third kappa shape index (κ3) is 5.30. The lowest BCUT2D eigenvalue weighted by Gasteiger charge is -2.34. The van der Waals surface area contributed by atoms with Gasteiger partial charge in [-0.15, -0.1) is 0 Å². The average molecular weight is 402 g/mol. The topological polar surface area (TPSA) is 53.8 Å². The molecule has 0 fully saturated rings. The normalized spacial score (nSPS) is 15.8. The van der Waals surface area contributed by atoms with Crippen molar-refractivity contribution in [3.63, 3.8) is 0 Å². The van der Waals surface area contributed by atoms with Crippen LogP contribution in [0.1, 0.15) is 45.7 Å². The summed E-state index contributed by atoms with van der Waals surface area (Å²) < 4.78 is 2.23. The van der Waals surface area contributed by atoms with Crippen LogP contribution in [0.3, 0.4) is 0 Å². The second kappa shape index (κ2) is 8.21. The molecule has 0 aliphatic carbocycles. The van der Waals surface area contributed by atoms with Crippen LogP contribution in [0.4, 0.5) is 0 Å². The minimum atomic E-state index is -0.578. The number of benzene rings is 1. The Labute approximate surface area is 164 Å². The SMILES string of the molecule is C[C@H](Cc1ccc(Cl)cc1Cl)C[C@H]([C@@H](O)C(C)(C)C)n1nc[nH]c1=S. The quantitative estimate of drug-likeness (QED) is 0.631. The number of nitrogens with one attached hydrogen (secondary N) is 1. The maximum atomic E-state index is 10.9. The monoisotopic (exact) mass is 401 g/mol. The van der Waals surface area contributed by atoms with Crippen LogP contribution >= 0.6 is 35.4 Å².